The van der Waals surface area contributed by atoms with E-state index in [2.05, 4.69) is 4.98 Å². The van der Waals surface area contributed by atoms with Crippen LogP contribution in [0.4, 0.5) is 5.69 Å². The molecule has 0 radical (unpaired) electrons. The van der Waals surface area contributed by atoms with Gasteiger partial charge in [0, 0.05) is 27.7 Å². The fraction of sp³-hybridized carbons (Fsp3) is 0.273. The summed E-state index contributed by atoms with van der Waals surface area (Å²) in [5.41, 5.74) is 0.551. The minimum Gasteiger partial charge on any atom is -0.497 e. The number of pyridine rings is 1. The van der Waals surface area contributed by atoms with Gasteiger partial charge in [-0.15, -0.1) is 0 Å². The molecule has 0 aliphatic rings. The molecule has 3 rings (SSSR count). The first kappa shape index (κ1) is 24.1. The Balaban J connectivity index is 2.17. The van der Waals surface area contributed by atoms with Crippen molar-refractivity contribution < 1.29 is 22.7 Å². The van der Waals surface area contributed by atoms with Crippen molar-refractivity contribution in [1.29, 1.82) is 0 Å². The van der Waals surface area contributed by atoms with Crippen LogP contribution in [0.25, 0.3) is 10.9 Å². The monoisotopic (exact) mass is 496 g/mol. The van der Waals surface area contributed by atoms with E-state index in [1.807, 2.05) is 6.92 Å². The lowest BCUT2D eigenvalue weighted by Gasteiger charge is -2.25. The third-order valence-electron chi connectivity index (χ3n) is 4.62. The summed E-state index contributed by atoms with van der Waals surface area (Å²) in [7, 11) is -2.81. The highest BCUT2D eigenvalue weighted by molar-refractivity contribution is 7.92. The number of carbonyl (C=O) groups excluding carboxylic acids is 1. The van der Waals surface area contributed by atoms with Gasteiger partial charge in [0.2, 0.25) is 0 Å². The number of unbranched alkanes of at least 4 members (excludes halogenated alkanes) is 1. The summed E-state index contributed by atoms with van der Waals surface area (Å²) < 4.78 is 38.9. The molecule has 0 fully saturated rings. The predicted molar refractivity (Wildman–Crippen MR) is 125 cm³/mol. The topological polar surface area (TPSA) is 85.8 Å². The molecule has 0 bridgehead atoms. The molecular formula is C22H22Cl2N2O5S. The van der Waals surface area contributed by atoms with Gasteiger partial charge in [-0.2, -0.15) is 0 Å². The van der Waals surface area contributed by atoms with Crippen molar-refractivity contribution >= 4 is 55.8 Å². The van der Waals surface area contributed by atoms with E-state index in [0.717, 1.165) is 10.7 Å². The second-order valence-corrected chi connectivity index (χ2v) is 9.65. The number of hydrogen-bond acceptors (Lipinski definition) is 6. The average molecular weight is 497 g/mol. The Morgan fingerprint density at radius 1 is 1.12 bits per heavy atom. The molecule has 0 atom stereocenters. The molecule has 0 spiro atoms. The molecule has 0 aliphatic carbocycles. The highest BCUT2D eigenvalue weighted by Gasteiger charge is 2.30. The number of carbonyl (C=O) groups is 1. The molecule has 0 unspecified atom stereocenters. The van der Waals surface area contributed by atoms with Crippen LogP contribution < -0.4 is 9.04 Å². The van der Waals surface area contributed by atoms with E-state index in [-0.39, 0.29) is 27.2 Å². The molecule has 0 saturated heterocycles. The van der Waals surface area contributed by atoms with E-state index in [0.29, 0.717) is 23.1 Å². The highest BCUT2D eigenvalue weighted by atomic mass is 35.5. The summed E-state index contributed by atoms with van der Waals surface area (Å²) in [4.78, 5) is 16.7. The zero-order valence-electron chi connectivity index (χ0n) is 17.5. The van der Waals surface area contributed by atoms with Gasteiger partial charge in [0.15, 0.2) is 0 Å². The number of rotatable bonds is 9. The number of hydrogen-bond donors (Lipinski definition) is 0. The molecule has 2 aromatic carbocycles. The molecule has 0 amide bonds. The summed E-state index contributed by atoms with van der Waals surface area (Å²) in [5.74, 6) is -0.286. The number of esters is 1. The minimum atomic E-state index is -4.27. The SMILES string of the molecule is CCCCOC(=O)CN(c1cc(OC)cc2cccnc12)S(=O)(=O)c1cc(Cl)cc(Cl)c1. The second-order valence-electron chi connectivity index (χ2n) is 6.91. The summed E-state index contributed by atoms with van der Waals surface area (Å²) in [6.45, 7) is 1.60. The molecule has 170 valence electrons. The molecule has 0 aliphatic heterocycles. The molecule has 0 N–H and O–H groups in total. The van der Waals surface area contributed by atoms with Crippen LogP contribution in [0.1, 0.15) is 19.8 Å². The maximum Gasteiger partial charge on any atom is 0.326 e. The van der Waals surface area contributed by atoms with Gasteiger partial charge in [-0.1, -0.05) is 42.6 Å². The number of ether oxygens (including phenoxy) is 2. The van der Waals surface area contributed by atoms with Crippen LogP contribution in [0.3, 0.4) is 0 Å². The Bertz CT molecular complexity index is 1210. The fourth-order valence-corrected chi connectivity index (χ4v) is 5.19. The number of fused-ring (bicyclic) bond motifs is 1. The van der Waals surface area contributed by atoms with Gasteiger partial charge in [0.05, 0.1) is 29.8 Å². The Hall–Kier alpha value is -2.55. The number of aromatic nitrogens is 1. The van der Waals surface area contributed by atoms with Crippen LogP contribution in [0.2, 0.25) is 10.0 Å². The minimum absolute atomic E-state index is 0.148. The van der Waals surface area contributed by atoms with Gasteiger partial charge >= 0.3 is 5.97 Å². The van der Waals surface area contributed by atoms with Crippen LogP contribution in [0, 0.1) is 0 Å². The Labute approximate surface area is 196 Å². The Morgan fingerprint density at radius 2 is 1.84 bits per heavy atom. The van der Waals surface area contributed by atoms with E-state index in [1.54, 1.807) is 24.4 Å². The smallest absolute Gasteiger partial charge is 0.326 e. The van der Waals surface area contributed by atoms with Gasteiger partial charge in [0.25, 0.3) is 10.0 Å². The average Bonchev–Trinajstić information content (AvgIpc) is 2.76. The third-order valence-corrected chi connectivity index (χ3v) is 6.79. The first-order valence-electron chi connectivity index (χ1n) is 9.83. The standard InChI is InChI=1S/C22H22Cl2N2O5S/c1-3-4-8-31-21(27)14-26(32(28,29)19-11-16(23)10-17(24)12-19)20-13-18(30-2)9-15-6-5-7-25-22(15)20/h5-7,9-13H,3-4,8,14H2,1-2H3. The first-order valence-corrected chi connectivity index (χ1v) is 12.0. The van der Waals surface area contributed by atoms with Crippen molar-refractivity contribution in [1.82, 2.24) is 4.98 Å². The van der Waals surface area contributed by atoms with Crippen molar-refractivity contribution in [3.8, 4) is 5.75 Å². The van der Waals surface area contributed by atoms with Gasteiger partial charge < -0.3 is 9.47 Å². The molecular weight excluding hydrogens is 475 g/mol. The normalized spacial score (nSPS) is 11.4. The van der Waals surface area contributed by atoms with Crippen molar-refractivity contribution in [2.24, 2.45) is 0 Å². The lowest BCUT2D eigenvalue weighted by atomic mass is 10.1. The van der Waals surface area contributed by atoms with Gasteiger partial charge in [-0.3, -0.25) is 14.1 Å². The van der Waals surface area contributed by atoms with Crippen molar-refractivity contribution in [3.05, 3.63) is 58.7 Å². The van der Waals surface area contributed by atoms with E-state index < -0.39 is 22.5 Å². The van der Waals surface area contributed by atoms with E-state index >= 15 is 0 Å². The van der Waals surface area contributed by atoms with Gasteiger partial charge in [0.1, 0.15) is 12.3 Å². The zero-order valence-corrected chi connectivity index (χ0v) is 19.9. The lowest BCUT2D eigenvalue weighted by molar-refractivity contribution is -0.141. The van der Waals surface area contributed by atoms with Crippen LogP contribution in [-0.4, -0.2) is 39.6 Å². The molecule has 7 nitrogen and oxygen atoms in total. The van der Waals surface area contributed by atoms with Crippen molar-refractivity contribution in [3.63, 3.8) is 0 Å². The van der Waals surface area contributed by atoms with Gasteiger partial charge in [-0.05, 0) is 36.8 Å². The highest BCUT2D eigenvalue weighted by Crippen LogP contribution is 2.35. The summed E-state index contributed by atoms with van der Waals surface area (Å²) >= 11 is 12.1. The Kier molecular flexibility index (Phi) is 7.82. The van der Waals surface area contributed by atoms with E-state index in [4.69, 9.17) is 32.7 Å². The molecule has 1 aromatic heterocycles. The first-order chi connectivity index (χ1) is 15.3. The maximum atomic E-state index is 13.7. The van der Waals surface area contributed by atoms with Crippen LogP contribution in [-0.2, 0) is 19.6 Å². The van der Waals surface area contributed by atoms with Gasteiger partial charge in [-0.25, -0.2) is 8.42 Å². The number of sulfonamides is 1. The molecule has 3 aromatic rings. The zero-order chi connectivity index (χ0) is 23.3. The molecule has 0 saturated carbocycles. The van der Waals surface area contributed by atoms with Crippen molar-refractivity contribution in [2.75, 3.05) is 24.6 Å². The molecule has 32 heavy (non-hydrogen) atoms. The van der Waals surface area contributed by atoms with Crippen molar-refractivity contribution in [2.45, 2.75) is 24.7 Å². The maximum absolute atomic E-state index is 13.7. The third kappa shape index (κ3) is 5.43. The Morgan fingerprint density at radius 3 is 2.50 bits per heavy atom. The lowest BCUT2D eigenvalue weighted by Crippen LogP contribution is -2.37. The number of halogens is 2. The van der Waals surface area contributed by atoms with Crippen LogP contribution >= 0.6 is 23.2 Å². The molecule has 1 heterocycles. The number of anilines is 1. The number of benzene rings is 2. The number of methoxy groups -OCH3 is 1. The second kappa shape index (κ2) is 10.4. The molecule has 10 heteroatoms. The predicted octanol–water partition coefficient (Wildman–Crippen LogP) is 5.09. The number of nitrogens with zero attached hydrogens (tertiary/aromatic N) is 2. The van der Waals surface area contributed by atoms with E-state index in [9.17, 15) is 13.2 Å². The largest absolute Gasteiger partial charge is 0.497 e. The fourth-order valence-electron chi connectivity index (χ4n) is 3.05. The summed E-state index contributed by atoms with van der Waals surface area (Å²) in [5, 5.41) is 0.941. The summed E-state index contributed by atoms with van der Waals surface area (Å²) in [6.07, 6.45) is 3.05. The summed E-state index contributed by atoms with van der Waals surface area (Å²) in [6, 6.07) is 10.7. The van der Waals surface area contributed by atoms with E-state index in [1.165, 1.54) is 31.4 Å². The van der Waals surface area contributed by atoms with Crippen LogP contribution in [0.15, 0.2) is 53.6 Å². The quantitative estimate of drug-likeness (QED) is 0.303. The van der Waals surface area contributed by atoms with Crippen LogP contribution in [0.5, 0.6) is 5.75 Å².